The zero-order chi connectivity index (χ0) is 11.4. The summed E-state index contributed by atoms with van der Waals surface area (Å²) in [6.45, 7) is 4.04. The molecule has 1 aromatic rings. The highest BCUT2D eigenvalue weighted by Crippen LogP contribution is 2.53. The summed E-state index contributed by atoms with van der Waals surface area (Å²) in [4.78, 5) is 12.5. The van der Waals surface area contributed by atoms with Crippen molar-refractivity contribution in [3.8, 4) is 5.75 Å². The van der Waals surface area contributed by atoms with Crippen molar-refractivity contribution in [3.05, 3.63) is 29.8 Å². The van der Waals surface area contributed by atoms with E-state index in [2.05, 4.69) is 6.92 Å². The van der Waals surface area contributed by atoms with Crippen molar-refractivity contribution in [1.82, 2.24) is 0 Å². The Morgan fingerprint density at radius 2 is 2.06 bits per heavy atom. The second kappa shape index (κ2) is 2.88. The highest BCUT2D eigenvalue weighted by atomic mass is 16.5. The van der Waals surface area contributed by atoms with Gasteiger partial charge in [-0.2, -0.15) is 0 Å². The molecule has 3 rings (SSSR count). The Morgan fingerprint density at radius 1 is 1.31 bits per heavy atom. The van der Waals surface area contributed by atoms with Gasteiger partial charge < -0.3 is 4.74 Å². The van der Waals surface area contributed by atoms with Gasteiger partial charge in [-0.25, -0.2) is 0 Å². The number of rotatable bonds is 1. The smallest absolute Gasteiger partial charge is 0.186 e. The maximum Gasteiger partial charge on any atom is 0.186 e. The Kier molecular flexibility index (Phi) is 1.78. The molecule has 2 bridgehead atoms. The molecular weight excluding hydrogens is 200 g/mol. The summed E-state index contributed by atoms with van der Waals surface area (Å²) in [6, 6.07) is 7.99. The van der Waals surface area contributed by atoms with Crippen molar-refractivity contribution in [1.29, 1.82) is 0 Å². The lowest BCUT2D eigenvalue weighted by molar-refractivity contribution is -0.136. The summed E-state index contributed by atoms with van der Waals surface area (Å²) in [5, 5.41) is 0. The number of ether oxygens (including phenoxy) is 1. The van der Waals surface area contributed by atoms with E-state index in [1.807, 2.05) is 31.2 Å². The van der Waals surface area contributed by atoms with E-state index in [4.69, 9.17) is 4.74 Å². The van der Waals surface area contributed by atoms with Gasteiger partial charge in [0.2, 0.25) is 0 Å². The molecule has 1 heterocycles. The Bertz CT molecular complexity index is 466. The topological polar surface area (TPSA) is 26.3 Å². The van der Waals surface area contributed by atoms with E-state index in [1.165, 1.54) is 0 Å². The molecule has 1 aliphatic carbocycles. The molecule has 1 fully saturated rings. The number of para-hydroxylation sites is 1. The number of carbonyl (C=O) groups excluding carboxylic acids is 1. The minimum atomic E-state index is -0.579. The summed E-state index contributed by atoms with van der Waals surface area (Å²) in [7, 11) is 0. The monoisotopic (exact) mass is 216 g/mol. The van der Waals surface area contributed by atoms with Crippen LogP contribution in [0, 0.1) is 0 Å². The van der Waals surface area contributed by atoms with E-state index in [0.29, 0.717) is 0 Å². The molecule has 2 atom stereocenters. The van der Waals surface area contributed by atoms with Crippen LogP contribution in [0.5, 0.6) is 5.75 Å². The maximum absolute atomic E-state index is 12.5. The van der Waals surface area contributed by atoms with Crippen LogP contribution in [0.25, 0.3) is 0 Å². The van der Waals surface area contributed by atoms with Gasteiger partial charge in [0.15, 0.2) is 11.4 Å². The summed E-state index contributed by atoms with van der Waals surface area (Å²) in [5.74, 6) is 1.19. The Morgan fingerprint density at radius 3 is 2.81 bits per heavy atom. The fourth-order valence-electron chi connectivity index (χ4n) is 3.26. The molecule has 0 N–H and O–H groups in total. The summed E-state index contributed by atoms with van der Waals surface area (Å²) in [5.41, 5.74) is 0.242. The normalized spacial score (nSPS) is 35.8. The Balaban J connectivity index is 2.27. The lowest BCUT2D eigenvalue weighted by atomic mass is 9.73. The summed E-state index contributed by atoms with van der Waals surface area (Å²) < 4.78 is 5.90. The van der Waals surface area contributed by atoms with E-state index in [9.17, 15) is 4.79 Å². The number of carbonyl (C=O) groups is 1. The molecule has 0 spiro atoms. The van der Waals surface area contributed by atoms with Crippen LogP contribution < -0.4 is 4.74 Å². The quantitative estimate of drug-likeness (QED) is 0.721. The standard InChI is InChI=1S/C14H16O2/c1-3-14-9-8-13(2,12(14)15)16-11-7-5-4-6-10(11)14/h4-7H,3,8-9H2,1-2H3/t13-,14-/m1/s1. The second-order valence-electron chi connectivity index (χ2n) is 5.09. The van der Waals surface area contributed by atoms with Crippen LogP contribution in [-0.4, -0.2) is 11.4 Å². The minimum Gasteiger partial charge on any atom is -0.479 e. The largest absolute Gasteiger partial charge is 0.479 e. The lowest BCUT2D eigenvalue weighted by Crippen LogP contribution is -2.48. The van der Waals surface area contributed by atoms with Crippen LogP contribution in [0.4, 0.5) is 0 Å². The van der Waals surface area contributed by atoms with Crippen LogP contribution in [0.1, 0.15) is 38.7 Å². The first-order valence-electron chi connectivity index (χ1n) is 5.96. The fraction of sp³-hybridized carbons (Fsp3) is 0.500. The van der Waals surface area contributed by atoms with Gasteiger partial charge in [-0.1, -0.05) is 25.1 Å². The van der Waals surface area contributed by atoms with Crippen LogP contribution in [0.2, 0.25) is 0 Å². The number of ketones is 1. The van der Waals surface area contributed by atoms with Crippen molar-refractivity contribution < 1.29 is 9.53 Å². The van der Waals surface area contributed by atoms with Gasteiger partial charge in [0.05, 0.1) is 5.41 Å². The molecule has 0 aromatic heterocycles. The molecule has 2 aliphatic rings. The van der Waals surface area contributed by atoms with E-state index >= 15 is 0 Å². The first kappa shape index (κ1) is 9.88. The number of hydrogen-bond donors (Lipinski definition) is 0. The fourth-order valence-corrected chi connectivity index (χ4v) is 3.26. The first-order chi connectivity index (χ1) is 7.62. The van der Waals surface area contributed by atoms with E-state index in [-0.39, 0.29) is 11.2 Å². The number of hydrogen-bond acceptors (Lipinski definition) is 2. The third kappa shape index (κ3) is 0.952. The molecular formula is C14H16O2. The van der Waals surface area contributed by atoms with Crippen LogP contribution in [0.3, 0.4) is 0 Å². The number of benzene rings is 1. The average Bonchev–Trinajstić information content (AvgIpc) is 2.47. The lowest BCUT2D eigenvalue weighted by Gasteiger charge is -2.37. The highest BCUT2D eigenvalue weighted by molar-refractivity contribution is 6.01. The molecule has 84 valence electrons. The van der Waals surface area contributed by atoms with Gasteiger partial charge in [0.25, 0.3) is 0 Å². The van der Waals surface area contributed by atoms with Crippen molar-refractivity contribution in [2.45, 2.75) is 44.1 Å². The van der Waals surface area contributed by atoms with Crippen LogP contribution >= 0.6 is 0 Å². The zero-order valence-corrected chi connectivity index (χ0v) is 9.75. The molecule has 0 saturated heterocycles. The number of fused-ring (bicyclic) bond motifs is 4. The molecule has 0 radical (unpaired) electrons. The second-order valence-corrected chi connectivity index (χ2v) is 5.09. The predicted molar refractivity (Wildman–Crippen MR) is 61.7 cm³/mol. The summed E-state index contributed by atoms with van der Waals surface area (Å²) in [6.07, 6.45) is 2.64. The van der Waals surface area contributed by atoms with Crippen molar-refractivity contribution in [2.24, 2.45) is 0 Å². The van der Waals surface area contributed by atoms with Gasteiger partial charge in [-0.05, 0) is 32.3 Å². The summed E-state index contributed by atoms with van der Waals surface area (Å²) >= 11 is 0. The molecule has 1 aliphatic heterocycles. The van der Waals surface area contributed by atoms with E-state index < -0.39 is 5.60 Å². The first-order valence-corrected chi connectivity index (χ1v) is 5.96. The van der Waals surface area contributed by atoms with E-state index in [0.717, 1.165) is 30.6 Å². The average molecular weight is 216 g/mol. The van der Waals surface area contributed by atoms with Crippen molar-refractivity contribution in [3.63, 3.8) is 0 Å². The molecule has 0 amide bonds. The Hall–Kier alpha value is -1.31. The molecule has 16 heavy (non-hydrogen) atoms. The maximum atomic E-state index is 12.5. The van der Waals surface area contributed by atoms with Gasteiger partial charge in [-0.3, -0.25) is 4.79 Å². The predicted octanol–water partition coefficient (Wildman–Crippen LogP) is 2.85. The van der Waals surface area contributed by atoms with E-state index in [1.54, 1.807) is 0 Å². The van der Waals surface area contributed by atoms with Crippen LogP contribution in [-0.2, 0) is 10.2 Å². The number of Topliss-reactive ketones (excluding diaryl/α,β-unsaturated/α-hetero) is 1. The Labute approximate surface area is 95.6 Å². The highest BCUT2D eigenvalue weighted by Gasteiger charge is 2.59. The molecule has 1 aromatic carbocycles. The van der Waals surface area contributed by atoms with Crippen molar-refractivity contribution >= 4 is 5.78 Å². The molecule has 2 heteroatoms. The molecule has 2 nitrogen and oxygen atoms in total. The van der Waals surface area contributed by atoms with Gasteiger partial charge in [0.1, 0.15) is 5.75 Å². The van der Waals surface area contributed by atoms with Crippen molar-refractivity contribution in [2.75, 3.05) is 0 Å². The zero-order valence-electron chi connectivity index (χ0n) is 9.75. The SMILES string of the molecule is CC[C@@]12CC[C@@](C)(Oc3ccccc31)C2=O. The van der Waals surface area contributed by atoms with Gasteiger partial charge >= 0.3 is 0 Å². The third-order valence-electron chi connectivity index (χ3n) is 4.29. The van der Waals surface area contributed by atoms with Gasteiger partial charge in [0, 0.05) is 5.56 Å². The van der Waals surface area contributed by atoms with Gasteiger partial charge in [-0.15, -0.1) is 0 Å². The third-order valence-corrected chi connectivity index (χ3v) is 4.29. The molecule has 0 unspecified atom stereocenters. The minimum absolute atomic E-state index is 0.274. The van der Waals surface area contributed by atoms with Crippen LogP contribution in [0.15, 0.2) is 24.3 Å². The molecule has 1 saturated carbocycles.